The lowest BCUT2D eigenvalue weighted by Crippen LogP contribution is -2.49. The number of nitrogens with two attached hydrogens (primary N) is 1. The number of hydrogen-bond donors (Lipinski definition) is 1. The number of amides is 1. The van der Waals surface area contributed by atoms with Crippen molar-refractivity contribution in [2.45, 2.75) is 58.7 Å². The third kappa shape index (κ3) is 4.01. The number of likely N-dealkylation sites (tertiary alicyclic amines) is 1. The monoisotopic (exact) mass is 304 g/mol. The molecule has 1 heterocycles. The Labute approximate surface area is 133 Å². The van der Waals surface area contributed by atoms with Crippen LogP contribution >= 0.6 is 0 Å². The molecule has 0 bridgehead atoms. The number of carbonyl (C=O) groups excluding carboxylic acids is 1. The zero-order valence-corrected chi connectivity index (χ0v) is 14.1. The van der Waals surface area contributed by atoms with E-state index in [4.69, 9.17) is 10.5 Å². The Bertz CT molecular complexity index is 496. The van der Waals surface area contributed by atoms with Crippen LogP contribution in [0.2, 0.25) is 0 Å². The van der Waals surface area contributed by atoms with Gasteiger partial charge in [-0.25, -0.2) is 0 Å². The van der Waals surface area contributed by atoms with Gasteiger partial charge in [-0.2, -0.15) is 0 Å². The van der Waals surface area contributed by atoms with Gasteiger partial charge in [0.2, 0.25) is 5.91 Å². The van der Waals surface area contributed by atoms with Crippen molar-refractivity contribution in [3.05, 3.63) is 29.8 Å². The van der Waals surface area contributed by atoms with Crippen LogP contribution in [0.1, 0.15) is 52.1 Å². The third-order valence-corrected chi connectivity index (χ3v) is 3.91. The summed E-state index contributed by atoms with van der Waals surface area (Å²) in [5, 5.41) is 0. The van der Waals surface area contributed by atoms with E-state index < -0.39 is 0 Å². The molecule has 0 aromatic heterocycles. The van der Waals surface area contributed by atoms with E-state index in [0.717, 1.165) is 24.3 Å². The van der Waals surface area contributed by atoms with Gasteiger partial charge >= 0.3 is 0 Å². The second-order valence-corrected chi connectivity index (χ2v) is 6.82. The second kappa shape index (κ2) is 7.14. The summed E-state index contributed by atoms with van der Waals surface area (Å²) in [6, 6.07) is 7.97. The van der Waals surface area contributed by atoms with Gasteiger partial charge in [-0.15, -0.1) is 0 Å². The first-order valence-electron chi connectivity index (χ1n) is 8.20. The fourth-order valence-electron chi connectivity index (χ4n) is 3.03. The molecule has 2 unspecified atom stereocenters. The molecule has 1 aliphatic rings. The van der Waals surface area contributed by atoms with Crippen molar-refractivity contribution in [3.63, 3.8) is 0 Å². The maximum absolute atomic E-state index is 12.3. The van der Waals surface area contributed by atoms with Crippen molar-refractivity contribution in [3.8, 4) is 5.75 Å². The molecule has 4 nitrogen and oxygen atoms in total. The van der Waals surface area contributed by atoms with E-state index in [1.807, 2.05) is 43.0 Å². The standard InChI is InChI=1S/C18H28N2O2/c1-12(2)11-20-17(21)10-9-16(19)18(20)14-5-7-15(8-6-14)22-13(3)4/h5-8,12-13,16,18H,9-11,19H2,1-4H3. The highest BCUT2D eigenvalue weighted by Crippen LogP contribution is 2.32. The molecular weight excluding hydrogens is 276 g/mol. The zero-order chi connectivity index (χ0) is 16.3. The highest BCUT2D eigenvalue weighted by molar-refractivity contribution is 5.78. The van der Waals surface area contributed by atoms with Crippen LogP contribution < -0.4 is 10.5 Å². The average molecular weight is 304 g/mol. The molecule has 1 aliphatic heterocycles. The van der Waals surface area contributed by atoms with Crippen LogP contribution in [-0.2, 0) is 4.79 Å². The Morgan fingerprint density at radius 1 is 1.23 bits per heavy atom. The van der Waals surface area contributed by atoms with Crippen molar-refractivity contribution in [1.29, 1.82) is 0 Å². The molecule has 4 heteroatoms. The predicted octanol–water partition coefficient (Wildman–Crippen LogP) is 3.12. The lowest BCUT2D eigenvalue weighted by atomic mass is 9.90. The first kappa shape index (κ1) is 16.8. The third-order valence-electron chi connectivity index (χ3n) is 3.91. The quantitative estimate of drug-likeness (QED) is 0.909. The summed E-state index contributed by atoms with van der Waals surface area (Å²) in [6.45, 7) is 9.03. The van der Waals surface area contributed by atoms with E-state index in [9.17, 15) is 4.79 Å². The number of ether oxygens (including phenoxy) is 1. The summed E-state index contributed by atoms with van der Waals surface area (Å²) < 4.78 is 5.68. The van der Waals surface area contributed by atoms with Crippen LogP contribution in [0.25, 0.3) is 0 Å². The minimum Gasteiger partial charge on any atom is -0.491 e. The molecule has 2 rings (SSSR count). The number of carbonyl (C=O) groups is 1. The number of hydrogen-bond acceptors (Lipinski definition) is 3. The molecule has 2 N–H and O–H groups in total. The molecule has 1 aromatic rings. The lowest BCUT2D eigenvalue weighted by Gasteiger charge is -2.41. The van der Waals surface area contributed by atoms with Crippen molar-refractivity contribution < 1.29 is 9.53 Å². The van der Waals surface area contributed by atoms with Gasteiger partial charge in [-0.3, -0.25) is 4.79 Å². The van der Waals surface area contributed by atoms with Gasteiger partial charge in [-0.1, -0.05) is 26.0 Å². The maximum atomic E-state index is 12.3. The molecule has 0 radical (unpaired) electrons. The lowest BCUT2D eigenvalue weighted by molar-refractivity contribution is -0.138. The first-order chi connectivity index (χ1) is 10.4. The second-order valence-electron chi connectivity index (χ2n) is 6.82. The summed E-state index contributed by atoms with van der Waals surface area (Å²) in [5.74, 6) is 1.49. The Balaban J connectivity index is 2.23. The van der Waals surface area contributed by atoms with Gasteiger partial charge in [-0.05, 0) is 43.9 Å². The zero-order valence-electron chi connectivity index (χ0n) is 14.1. The molecule has 0 saturated carbocycles. The Kier molecular flexibility index (Phi) is 5.46. The van der Waals surface area contributed by atoms with E-state index in [1.54, 1.807) is 0 Å². The highest BCUT2D eigenvalue weighted by atomic mass is 16.5. The van der Waals surface area contributed by atoms with Crippen molar-refractivity contribution >= 4 is 5.91 Å². The summed E-state index contributed by atoms with van der Waals surface area (Å²) in [4.78, 5) is 14.3. The van der Waals surface area contributed by atoms with E-state index in [-0.39, 0.29) is 24.1 Å². The molecule has 1 aromatic carbocycles. The maximum Gasteiger partial charge on any atom is 0.223 e. The van der Waals surface area contributed by atoms with Crippen LogP contribution in [0.3, 0.4) is 0 Å². The van der Waals surface area contributed by atoms with Gasteiger partial charge in [0.15, 0.2) is 0 Å². The summed E-state index contributed by atoms with van der Waals surface area (Å²) in [7, 11) is 0. The average Bonchev–Trinajstić information content (AvgIpc) is 2.43. The molecule has 1 saturated heterocycles. The van der Waals surface area contributed by atoms with Gasteiger partial charge in [0.25, 0.3) is 0 Å². The van der Waals surface area contributed by atoms with Crippen molar-refractivity contribution in [2.24, 2.45) is 11.7 Å². The number of piperidine rings is 1. The predicted molar refractivity (Wildman–Crippen MR) is 88.7 cm³/mol. The van der Waals surface area contributed by atoms with Crippen molar-refractivity contribution in [2.75, 3.05) is 6.54 Å². The normalized spacial score (nSPS) is 22.5. The van der Waals surface area contributed by atoms with E-state index in [0.29, 0.717) is 12.3 Å². The molecular formula is C18H28N2O2. The molecule has 0 aliphatic carbocycles. The Morgan fingerprint density at radius 3 is 2.41 bits per heavy atom. The van der Waals surface area contributed by atoms with E-state index in [2.05, 4.69) is 13.8 Å². The van der Waals surface area contributed by atoms with Gasteiger partial charge in [0.1, 0.15) is 5.75 Å². The minimum absolute atomic E-state index is 0.00619. The Hall–Kier alpha value is -1.55. The molecule has 2 atom stereocenters. The van der Waals surface area contributed by atoms with E-state index in [1.165, 1.54) is 0 Å². The largest absolute Gasteiger partial charge is 0.491 e. The summed E-state index contributed by atoms with van der Waals surface area (Å²) in [5.41, 5.74) is 7.43. The molecule has 1 amide bonds. The highest BCUT2D eigenvalue weighted by Gasteiger charge is 2.34. The first-order valence-corrected chi connectivity index (χ1v) is 8.20. The van der Waals surface area contributed by atoms with Crippen LogP contribution in [-0.4, -0.2) is 29.5 Å². The van der Waals surface area contributed by atoms with Gasteiger partial charge in [0.05, 0.1) is 12.1 Å². The smallest absolute Gasteiger partial charge is 0.223 e. The summed E-state index contributed by atoms with van der Waals surface area (Å²) in [6.07, 6.45) is 1.46. The number of nitrogens with zero attached hydrogens (tertiary/aromatic N) is 1. The van der Waals surface area contributed by atoms with Crippen LogP contribution in [0.15, 0.2) is 24.3 Å². The van der Waals surface area contributed by atoms with Crippen LogP contribution in [0.4, 0.5) is 0 Å². The van der Waals surface area contributed by atoms with Crippen LogP contribution in [0, 0.1) is 5.92 Å². The summed E-state index contributed by atoms with van der Waals surface area (Å²) >= 11 is 0. The van der Waals surface area contributed by atoms with Crippen molar-refractivity contribution in [1.82, 2.24) is 4.90 Å². The van der Waals surface area contributed by atoms with Gasteiger partial charge < -0.3 is 15.4 Å². The number of benzene rings is 1. The SMILES string of the molecule is CC(C)CN1C(=O)CCC(N)C1c1ccc(OC(C)C)cc1. The Morgan fingerprint density at radius 2 is 1.86 bits per heavy atom. The van der Waals surface area contributed by atoms with E-state index >= 15 is 0 Å². The van der Waals surface area contributed by atoms with Gasteiger partial charge in [0, 0.05) is 19.0 Å². The number of rotatable bonds is 5. The topological polar surface area (TPSA) is 55.6 Å². The minimum atomic E-state index is -0.0308. The fourth-order valence-corrected chi connectivity index (χ4v) is 3.03. The molecule has 22 heavy (non-hydrogen) atoms. The molecule has 1 fully saturated rings. The molecule has 0 spiro atoms. The fraction of sp³-hybridized carbons (Fsp3) is 0.611. The van der Waals surface area contributed by atoms with Crippen LogP contribution in [0.5, 0.6) is 5.75 Å². The molecule has 122 valence electrons.